The summed E-state index contributed by atoms with van der Waals surface area (Å²) in [5.41, 5.74) is 4.00. The van der Waals surface area contributed by atoms with Gasteiger partial charge in [0, 0.05) is 11.4 Å². The molecular weight excluding hydrogens is 346 g/mol. The lowest BCUT2D eigenvalue weighted by molar-refractivity contribution is 0.0603. The van der Waals surface area contributed by atoms with Crippen molar-refractivity contribution >= 4 is 33.6 Å². The highest BCUT2D eigenvalue weighted by Gasteiger charge is 2.16. The van der Waals surface area contributed by atoms with Gasteiger partial charge in [-0.25, -0.2) is 4.79 Å². The summed E-state index contributed by atoms with van der Waals surface area (Å²) < 4.78 is 5.71. The molecule has 0 saturated carbocycles. The second-order valence-electron chi connectivity index (χ2n) is 5.84. The molecule has 132 valence electrons. The Labute approximate surface area is 155 Å². The van der Waals surface area contributed by atoms with Gasteiger partial charge in [0.2, 0.25) is 5.56 Å². The van der Waals surface area contributed by atoms with Gasteiger partial charge in [0.15, 0.2) is 0 Å². The number of H-pyrrole nitrogens is 1. The van der Waals surface area contributed by atoms with Crippen LogP contribution in [0.2, 0.25) is 0 Å². The number of carbonyl (C=O) groups excluding carboxylic acids is 1. The number of allylic oxidation sites excluding steroid dienone is 2. The van der Waals surface area contributed by atoms with E-state index in [1.807, 2.05) is 24.3 Å². The zero-order chi connectivity index (χ0) is 18.5. The van der Waals surface area contributed by atoms with Crippen molar-refractivity contribution in [1.82, 2.24) is 4.98 Å². The summed E-state index contributed by atoms with van der Waals surface area (Å²) in [6, 6.07) is 9.87. The molecule has 0 bridgehead atoms. The monoisotopic (exact) mass is 365 g/mol. The van der Waals surface area contributed by atoms with Crippen molar-refractivity contribution in [2.24, 2.45) is 0 Å². The van der Waals surface area contributed by atoms with E-state index in [2.05, 4.69) is 23.7 Å². The number of hydrogen-bond donors (Lipinski definition) is 1. The van der Waals surface area contributed by atoms with Crippen molar-refractivity contribution in [2.45, 2.75) is 12.8 Å². The number of hydrogen-bond acceptors (Lipinski definition) is 4. The molecule has 0 radical (unpaired) electrons. The van der Waals surface area contributed by atoms with Crippen LogP contribution in [0, 0.1) is 0 Å². The fraction of sp³-hybridized carbons (Fsp3) is 0.143. The SMILES string of the molecule is C=C/C=C\c1cccc(CCc2cc(=O)[nH]c3c(C(=O)OC)csc23)c1. The molecule has 0 amide bonds. The molecule has 0 atom stereocenters. The summed E-state index contributed by atoms with van der Waals surface area (Å²) in [4.78, 5) is 26.7. The Kier molecular flexibility index (Phi) is 5.49. The van der Waals surface area contributed by atoms with Crippen molar-refractivity contribution in [1.29, 1.82) is 0 Å². The van der Waals surface area contributed by atoms with Crippen LogP contribution in [-0.4, -0.2) is 18.1 Å². The van der Waals surface area contributed by atoms with Gasteiger partial charge in [-0.3, -0.25) is 4.79 Å². The number of methoxy groups -OCH3 is 1. The van der Waals surface area contributed by atoms with Crippen LogP contribution >= 0.6 is 11.3 Å². The summed E-state index contributed by atoms with van der Waals surface area (Å²) in [7, 11) is 1.33. The molecule has 0 aliphatic carbocycles. The minimum atomic E-state index is -0.439. The minimum absolute atomic E-state index is 0.210. The molecule has 1 N–H and O–H groups in total. The van der Waals surface area contributed by atoms with Crippen LogP contribution in [-0.2, 0) is 17.6 Å². The van der Waals surface area contributed by atoms with Gasteiger partial charge in [0.05, 0.1) is 22.9 Å². The zero-order valence-electron chi connectivity index (χ0n) is 14.5. The van der Waals surface area contributed by atoms with E-state index in [1.165, 1.54) is 24.0 Å². The lowest BCUT2D eigenvalue weighted by Crippen LogP contribution is -2.09. The highest BCUT2D eigenvalue weighted by Crippen LogP contribution is 2.27. The topological polar surface area (TPSA) is 59.2 Å². The number of aromatic amines is 1. The fourth-order valence-electron chi connectivity index (χ4n) is 2.86. The Morgan fingerprint density at radius 1 is 1.31 bits per heavy atom. The molecule has 0 aliphatic rings. The third-order valence-electron chi connectivity index (χ3n) is 4.10. The zero-order valence-corrected chi connectivity index (χ0v) is 15.3. The molecule has 2 aromatic heterocycles. The number of carbonyl (C=O) groups is 1. The van der Waals surface area contributed by atoms with Crippen molar-refractivity contribution < 1.29 is 9.53 Å². The first-order valence-electron chi connectivity index (χ1n) is 8.22. The molecule has 4 nitrogen and oxygen atoms in total. The van der Waals surface area contributed by atoms with Crippen molar-refractivity contribution in [2.75, 3.05) is 7.11 Å². The normalized spacial score (nSPS) is 11.1. The molecule has 0 saturated heterocycles. The van der Waals surface area contributed by atoms with Crippen LogP contribution in [0.1, 0.15) is 27.0 Å². The summed E-state index contributed by atoms with van der Waals surface area (Å²) in [5.74, 6) is -0.439. The molecule has 2 heterocycles. The van der Waals surface area contributed by atoms with Gasteiger partial charge in [-0.1, -0.05) is 49.1 Å². The third-order valence-corrected chi connectivity index (χ3v) is 5.16. The Hall–Kier alpha value is -2.92. The summed E-state index contributed by atoms with van der Waals surface area (Å²) >= 11 is 1.45. The standard InChI is InChI=1S/C21H19NO3S/c1-3-4-6-14-7-5-8-15(11-14)9-10-16-12-18(23)22-19-17(21(24)25-2)13-26-20(16)19/h3-8,11-13H,1,9-10H2,2H3,(H,22,23)/b6-4-. The first-order chi connectivity index (χ1) is 12.6. The predicted octanol–water partition coefficient (Wildman–Crippen LogP) is 4.36. The Morgan fingerprint density at radius 3 is 2.92 bits per heavy atom. The largest absolute Gasteiger partial charge is 0.465 e. The number of aryl methyl sites for hydroxylation is 2. The molecule has 0 aliphatic heterocycles. The number of rotatable bonds is 6. The molecule has 3 aromatic rings. The van der Waals surface area contributed by atoms with Crippen LogP contribution in [0.3, 0.4) is 0 Å². The Balaban J connectivity index is 1.89. The number of benzene rings is 1. The predicted molar refractivity (Wildman–Crippen MR) is 107 cm³/mol. The van der Waals surface area contributed by atoms with Gasteiger partial charge < -0.3 is 9.72 Å². The lowest BCUT2D eigenvalue weighted by Gasteiger charge is -2.05. The quantitative estimate of drug-likeness (QED) is 0.521. The van der Waals surface area contributed by atoms with E-state index in [0.717, 1.165) is 28.7 Å². The van der Waals surface area contributed by atoms with E-state index in [9.17, 15) is 9.59 Å². The minimum Gasteiger partial charge on any atom is -0.465 e. The van der Waals surface area contributed by atoms with E-state index in [-0.39, 0.29) is 5.56 Å². The third kappa shape index (κ3) is 3.83. The van der Waals surface area contributed by atoms with E-state index in [4.69, 9.17) is 4.74 Å². The lowest BCUT2D eigenvalue weighted by atomic mass is 10.0. The van der Waals surface area contributed by atoms with Crippen LogP contribution < -0.4 is 5.56 Å². The smallest absolute Gasteiger partial charge is 0.340 e. The second-order valence-corrected chi connectivity index (χ2v) is 6.72. The number of pyridine rings is 1. The maximum atomic E-state index is 12.0. The first kappa shape index (κ1) is 17.9. The molecule has 1 aromatic carbocycles. The summed E-state index contributed by atoms with van der Waals surface area (Å²) in [6.07, 6.45) is 7.18. The van der Waals surface area contributed by atoms with E-state index in [0.29, 0.717) is 11.1 Å². The number of thiophene rings is 1. The number of nitrogens with one attached hydrogen (secondary N) is 1. The maximum Gasteiger partial charge on any atom is 0.340 e. The van der Waals surface area contributed by atoms with Gasteiger partial charge in [0.25, 0.3) is 0 Å². The molecule has 3 rings (SSSR count). The maximum absolute atomic E-state index is 12.0. The highest BCUT2D eigenvalue weighted by molar-refractivity contribution is 7.17. The summed E-state index contributed by atoms with van der Waals surface area (Å²) in [5, 5.41) is 1.73. The van der Waals surface area contributed by atoms with E-state index < -0.39 is 5.97 Å². The molecule has 0 spiro atoms. The Morgan fingerprint density at radius 2 is 2.15 bits per heavy atom. The molecule has 5 heteroatoms. The van der Waals surface area contributed by atoms with Crippen molar-refractivity contribution in [3.05, 3.63) is 87.1 Å². The van der Waals surface area contributed by atoms with Gasteiger partial charge in [-0.2, -0.15) is 0 Å². The van der Waals surface area contributed by atoms with E-state index >= 15 is 0 Å². The number of aromatic nitrogens is 1. The molecular formula is C21H19NO3S. The molecule has 26 heavy (non-hydrogen) atoms. The average molecular weight is 365 g/mol. The van der Waals surface area contributed by atoms with Crippen LogP contribution in [0.5, 0.6) is 0 Å². The van der Waals surface area contributed by atoms with Gasteiger partial charge in [0.1, 0.15) is 0 Å². The van der Waals surface area contributed by atoms with E-state index in [1.54, 1.807) is 17.5 Å². The van der Waals surface area contributed by atoms with Crippen LogP contribution in [0.15, 0.2) is 59.2 Å². The number of fused-ring (bicyclic) bond motifs is 1. The Bertz CT molecular complexity index is 1040. The van der Waals surface area contributed by atoms with Gasteiger partial charge in [-0.15, -0.1) is 11.3 Å². The van der Waals surface area contributed by atoms with Crippen molar-refractivity contribution in [3.8, 4) is 0 Å². The van der Waals surface area contributed by atoms with Crippen molar-refractivity contribution in [3.63, 3.8) is 0 Å². The second kappa shape index (κ2) is 7.97. The fourth-order valence-corrected chi connectivity index (χ4v) is 3.90. The molecule has 0 unspecified atom stereocenters. The summed E-state index contributed by atoms with van der Waals surface area (Å²) in [6.45, 7) is 3.68. The van der Waals surface area contributed by atoms with Gasteiger partial charge >= 0.3 is 5.97 Å². The van der Waals surface area contributed by atoms with Gasteiger partial charge in [-0.05, 0) is 29.5 Å². The highest BCUT2D eigenvalue weighted by atomic mass is 32.1. The number of esters is 1. The average Bonchev–Trinajstić information content (AvgIpc) is 3.08. The first-order valence-corrected chi connectivity index (χ1v) is 9.10. The number of ether oxygens (including phenoxy) is 1. The molecule has 0 fully saturated rings. The van der Waals surface area contributed by atoms with Crippen LogP contribution in [0.25, 0.3) is 16.3 Å². The van der Waals surface area contributed by atoms with Crippen LogP contribution in [0.4, 0.5) is 0 Å².